The number of aryl methyl sites for hydroxylation is 1. The zero-order valence-corrected chi connectivity index (χ0v) is 19.1. The molecule has 0 fully saturated rings. The van der Waals surface area contributed by atoms with Gasteiger partial charge in [-0.1, -0.05) is 17.7 Å². The van der Waals surface area contributed by atoms with Gasteiger partial charge in [0.05, 0.1) is 18.9 Å². The average Bonchev–Trinajstić information content (AvgIpc) is 3.23. The van der Waals surface area contributed by atoms with E-state index in [4.69, 9.17) is 9.47 Å². The number of hydrogen-bond acceptors (Lipinski definition) is 5. The van der Waals surface area contributed by atoms with Crippen molar-refractivity contribution in [3.8, 4) is 28.8 Å². The summed E-state index contributed by atoms with van der Waals surface area (Å²) in [7, 11) is 1.63. The van der Waals surface area contributed by atoms with Crippen LogP contribution in [-0.4, -0.2) is 33.9 Å². The maximum absolute atomic E-state index is 12.5. The average molecular weight is 443 g/mol. The fraction of sp³-hybridized carbons (Fsp3) is 0.192. The van der Waals surface area contributed by atoms with Gasteiger partial charge in [0.15, 0.2) is 5.82 Å². The summed E-state index contributed by atoms with van der Waals surface area (Å²) in [5.74, 6) is 1.25. The molecule has 4 rings (SSSR count). The van der Waals surface area contributed by atoms with E-state index in [9.17, 15) is 4.79 Å². The fourth-order valence-corrected chi connectivity index (χ4v) is 3.26. The van der Waals surface area contributed by atoms with Gasteiger partial charge >= 0.3 is 6.01 Å². The SMILES string of the molecule is COc1ccc(-c2nc(OC(C)C)nn2-c2ccc(NC(=O)c3ccc(C)cc3)cc2)cc1. The monoisotopic (exact) mass is 442 g/mol. The molecular formula is C26H26N4O3. The quantitative estimate of drug-likeness (QED) is 0.421. The summed E-state index contributed by atoms with van der Waals surface area (Å²) >= 11 is 0. The van der Waals surface area contributed by atoms with E-state index in [0.717, 1.165) is 22.6 Å². The third-order valence-corrected chi connectivity index (χ3v) is 4.96. The Kier molecular flexibility index (Phi) is 6.40. The van der Waals surface area contributed by atoms with E-state index >= 15 is 0 Å². The van der Waals surface area contributed by atoms with Crippen LogP contribution < -0.4 is 14.8 Å². The number of rotatable bonds is 7. The molecule has 168 valence electrons. The summed E-state index contributed by atoms with van der Waals surface area (Å²) in [6, 6.07) is 22.8. The van der Waals surface area contributed by atoms with Crippen molar-refractivity contribution in [2.24, 2.45) is 0 Å². The number of amides is 1. The van der Waals surface area contributed by atoms with Crippen LogP contribution in [0.4, 0.5) is 5.69 Å². The van der Waals surface area contributed by atoms with Crippen molar-refractivity contribution >= 4 is 11.6 Å². The van der Waals surface area contributed by atoms with Crippen LogP contribution in [0, 0.1) is 6.92 Å². The Hall–Kier alpha value is -4.13. The van der Waals surface area contributed by atoms with Crippen LogP contribution >= 0.6 is 0 Å². The van der Waals surface area contributed by atoms with Crippen molar-refractivity contribution in [3.63, 3.8) is 0 Å². The van der Waals surface area contributed by atoms with E-state index in [1.165, 1.54) is 0 Å². The van der Waals surface area contributed by atoms with Crippen molar-refractivity contribution in [2.75, 3.05) is 12.4 Å². The predicted octanol–water partition coefficient (Wildman–Crippen LogP) is 5.29. The molecule has 0 saturated heterocycles. The Morgan fingerprint density at radius 1 is 0.939 bits per heavy atom. The lowest BCUT2D eigenvalue weighted by Gasteiger charge is -2.09. The van der Waals surface area contributed by atoms with Crippen LogP contribution in [0.1, 0.15) is 29.8 Å². The van der Waals surface area contributed by atoms with Gasteiger partial charge in [0.25, 0.3) is 5.91 Å². The van der Waals surface area contributed by atoms with Gasteiger partial charge in [0.1, 0.15) is 5.75 Å². The van der Waals surface area contributed by atoms with Gasteiger partial charge in [0.2, 0.25) is 0 Å². The molecule has 0 spiro atoms. The minimum absolute atomic E-state index is 0.0519. The van der Waals surface area contributed by atoms with Gasteiger partial charge in [-0.05, 0) is 81.4 Å². The number of benzene rings is 3. The number of carbonyl (C=O) groups is 1. The highest BCUT2D eigenvalue weighted by molar-refractivity contribution is 6.04. The first-order valence-electron chi connectivity index (χ1n) is 10.7. The summed E-state index contributed by atoms with van der Waals surface area (Å²) in [4.78, 5) is 17.1. The number of methoxy groups -OCH3 is 1. The summed E-state index contributed by atoms with van der Waals surface area (Å²) < 4.78 is 12.7. The molecule has 1 heterocycles. The second-order valence-electron chi connectivity index (χ2n) is 7.89. The number of anilines is 1. The number of carbonyl (C=O) groups excluding carboxylic acids is 1. The Labute approximate surface area is 193 Å². The maximum atomic E-state index is 12.5. The van der Waals surface area contributed by atoms with Crippen LogP contribution in [-0.2, 0) is 0 Å². The standard InChI is InChI=1S/C26H26N4O3/c1-17(2)33-26-28-24(19-9-15-23(32-4)16-10-19)30(29-26)22-13-11-21(12-14-22)27-25(31)20-7-5-18(3)6-8-20/h5-17H,1-4H3,(H,27,31). The number of nitrogens with zero attached hydrogens (tertiary/aromatic N) is 3. The van der Waals surface area contributed by atoms with E-state index in [-0.39, 0.29) is 12.0 Å². The topological polar surface area (TPSA) is 78.3 Å². The first kappa shape index (κ1) is 22.1. The highest BCUT2D eigenvalue weighted by atomic mass is 16.5. The first-order valence-corrected chi connectivity index (χ1v) is 10.7. The second kappa shape index (κ2) is 9.56. The third-order valence-electron chi connectivity index (χ3n) is 4.96. The molecule has 3 aromatic carbocycles. The van der Waals surface area contributed by atoms with Crippen molar-refractivity contribution in [2.45, 2.75) is 26.9 Å². The van der Waals surface area contributed by atoms with Crippen LogP contribution in [0.5, 0.6) is 11.8 Å². The van der Waals surface area contributed by atoms with E-state index in [1.54, 1.807) is 11.8 Å². The van der Waals surface area contributed by atoms with Crippen molar-refractivity contribution < 1.29 is 14.3 Å². The zero-order chi connectivity index (χ0) is 23.4. The molecule has 0 atom stereocenters. The molecule has 0 saturated carbocycles. The van der Waals surface area contributed by atoms with Gasteiger partial charge in [-0.25, -0.2) is 4.68 Å². The maximum Gasteiger partial charge on any atom is 0.336 e. The summed E-state index contributed by atoms with van der Waals surface area (Å²) in [5, 5.41) is 7.47. The number of aromatic nitrogens is 3. The highest BCUT2D eigenvalue weighted by Crippen LogP contribution is 2.26. The Morgan fingerprint density at radius 3 is 2.21 bits per heavy atom. The van der Waals surface area contributed by atoms with E-state index < -0.39 is 0 Å². The number of ether oxygens (including phenoxy) is 2. The van der Waals surface area contributed by atoms with Crippen molar-refractivity contribution in [1.29, 1.82) is 0 Å². The zero-order valence-electron chi connectivity index (χ0n) is 19.1. The van der Waals surface area contributed by atoms with Gasteiger partial charge in [-0.15, -0.1) is 5.10 Å². The van der Waals surface area contributed by atoms with Crippen molar-refractivity contribution in [1.82, 2.24) is 14.8 Å². The molecule has 0 aliphatic heterocycles. The third kappa shape index (κ3) is 5.20. The van der Waals surface area contributed by atoms with E-state index in [0.29, 0.717) is 23.1 Å². The second-order valence-corrected chi connectivity index (χ2v) is 7.89. The molecule has 33 heavy (non-hydrogen) atoms. The lowest BCUT2D eigenvalue weighted by molar-refractivity contribution is 0.102. The molecule has 1 N–H and O–H groups in total. The molecular weight excluding hydrogens is 416 g/mol. The molecule has 0 radical (unpaired) electrons. The molecule has 7 heteroatoms. The normalized spacial score (nSPS) is 10.8. The molecule has 4 aromatic rings. The van der Waals surface area contributed by atoms with E-state index in [1.807, 2.05) is 93.6 Å². The predicted molar refractivity (Wildman–Crippen MR) is 128 cm³/mol. The molecule has 1 aromatic heterocycles. The Balaban J connectivity index is 1.61. The van der Waals surface area contributed by atoms with Gasteiger partial charge < -0.3 is 14.8 Å². The van der Waals surface area contributed by atoms with Gasteiger partial charge in [-0.3, -0.25) is 4.79 Å². The molecule has 0 aliphatic rings. The largest absolute Gasteiger partial charge is 0.497 e. The van der Waals surface area contributed by atoms with Crippen LogP contribution in [0.3, 0.4) is 0 Å². The minimum Gasteiger partial charge on any atom is -0.497 e. The minimum atomic E-state index is -0.157. The summed E-state index contributed by atoms with van der Waals surface area (Å²) in [5.41, 5.74) is 4.07. The molecule has 0 unspecified atom stereocenters. The van der Waals surface area contributed by atoms with Gasteiger partial charge in [-0.2, -0.15) is 4.98 Å². The van der Waals surface area contributed by atoms with Gasteiger partial charge in [0, 0.05) is 16.8 Å². The highest BCUT2D eigenvalue weighted by Gasteiger charge is 2.16. The van der Waals surface area contributed by atoms with Crippen LogP contribution in [0.25, 0.3) is 17.1 Å². The number of nitrogens with one attached hydrogen (secondary N) is 1. The Morgan fingerprint density at radius 2 is 1.61 bits per heavy atom. The summed E-state index contributed by atoms with van der Waals surface area (Å²) in [6.45, 7) is 5.85. The molecule has 7 nitrogen and oxygen atoms in total. The van der Waals surface area contributed by atoms with Crippen LogP contribution in [0.15, 0.2) is 72.8 Å². The fourth-order valence-electron chi connectivity index (χ4n) is 3.26. The van der Waals surface area contributed by atoms with Crippen LogP contribution in [0.2, 0.25) is 0 Å². The molecule has 0 bridgehead atoms. The smallest absolute Gasteiger partial charge is 0.336 e. The lowest BCUT2D eigenvalue weighted by atomic mass is 10.1. The first-order chi connectivity index (χ1) is 15.9. The molecule has 0 aliphatic carbocycles. The summed E-state index contributed by atoms with van der Waals surface area (Å²) in [6.07, 6.45) is -0.0519. The molecule has 1 amide bonds. The van der Waals surface area contributed by atoms with Crippen molar-refractivity contribution in [3.05, 3.63) is 83.9 Å². The number of hydrogen-bond donors (Lipinski definition) is 1. The Bertz CT molecular complexity index is 1230. The lowest BCUT2D eigenvalue weighted by Crippen LogP contribution is -2.11. The van der Waals surface area contributed by atoms with E-state index in [2.05, 4.69) is 15.4 Å².